The van der Waals surface area contributed by atoms with Gasteiger partial charge in [0.25, 0.3) is 0 Å². The first kappa shape index (κ1) is 19.2. The molecule has 3 saturated heterocycles. The highest BCUT2D eigenvalue weighted by Gasteiger charge is 2.60. The first-order valence-electron chi connectivity index (χ1n) is 8.73. The Balaban J connectivity index is 1.75. The third kappa shape index (κ3) is 4.05. The van der Waals surface area contributed by atoms with Crippen LogP contribution in [-0.4, -0.2) is 61.3 Å². The molecule has 0 bridgehead atoms. The van der Waals surface area contributed by atoms with Crippen molar-refractivity contribution in [3.05, 3.63) is 10.4 Å². The number of nitrogens with zero attached hydrogens (tertiary/aromatic N) is 3. The molecule has 26 heavy (non-hydrogen) atoms. The second-order valence-corrected chi connectivity index (χ2v) is 8.21. The summed E-state index contributed by atoms with van der Waals surface area (Å²) in [6.07, 6.45) is -2.37. The predicted octanol–water partition coefficient (Wildman–Crippen LogP) is 2.08. The fourth-order valence-corrected chi connectivity index (χ4v) is 3.54. The third-order valence-electron chi connectivity index (χ3n) is 4.45. The van der Waals surface area contributed by atoms with Crippen molar-refractivity contribution in [1.29, 1.82) is 0 Å². The van der Waals surface area contributed by atoms with Crippen LogP contribution in [0.25, 0.3) is 10.4 Å². The molecule has 10 heteroatoms. The van der Waals surface area contributed by atoms with Gasteiger partial charge in [-0.1, -0.05) is 5.11 Å². The standard InChI is InChI=1S/C16H26N4O6/c1-15(2,3)26-14(21)19-9-8(6-18-20-17)7-22-11-10(9)23-13-12(11)24-16(4,5)25-13/h8-13H,6-7H2,1-5H3,(H,19,21)/t8-,9-,10-,11+,12-,13-/m1/s1. The summed E-state index contributed by atoms with van der Waals surface area (Å²) >= 11 is 0. The van der Waals surface area contributed by atoms with E-state index in [0.29, 0.717) is 6.61 Å². The number of hydrogen-bond acceptors (Lipinski definition) is 7. The Morgan fingerprint density at radius 1 is 1.31 bits per heavy atom. The van der Waals surface area contributed by atoms with Crippen LogP contribution in [0, 0.1) is 5.92 Å². The van der Waals surface area contributed by atoms with Crippen LogP contribution in [0.2, 0.25) is 0 Å². The highest BCUT2D eigenvalue weighted by atomic mass is 16.8. The molecule has 3 heterocycles. The summed E-state index contributed by atoms with van der Waals surface area (Å²) in [5, 5.41) is 6.48. The van der Waals surface area contributed by atoms with Crippen LogP contribution in [0.3, 0.4) is 0 Å². The largest absolute Gasteiger partial charge is 0.444 e. The van der Waals surface area contributed by atoms with Crippen molar-refractivity contribution in [3.63, 3.8) is 0 Å². The fraction of sp³-hybridized carbons (Fsp3) is 0.938. The van der Waals surface area contributed by atoms with E-state index in [4.69, 9.17) is 29.2 Å². The number of nitrogens with one attached hydrogen (secondary N) is 1. The molecule has 6 atom stereocenters. The highest BCUT2D eigenvalue weighted by Crippen LogP contribution is 2.42. The molecule has 1 N–H and O–H groups in total. The molecule has 3 aliphatic heterocycles. The Morgan fingerprint density at radius 2 is 2.04 bits per heavy atom. The Kier molecular flexibility index (Phi) is 5.06. The molecule has 3 aliphatic rings. The van der Waals surface area contributed by atoms with Gasteiger partial charge in [-0.25, -0.2) is 4.79 Å². The lowest BCUT2D eigenvalue weighted by Crippen LogP contribution is -2.59. The number of rotatable bonds is 3. The Bertz CT molecular complexity index is 600. The van der Waals surface area contributed by atoms with Gasteiger partial charge in [-0.3, -0.25) is 0 Å². The van der Waals surface area contributed by atoms with Crippen LogP contribution in [0.15, 0.2) is 5.11 Å². The Morgan fingerprint density at radius 3 is 2.69 bits per heavy atom. The van der Waals surface area contributed by atoms with Crippen molar-refractivity contribution < 1.29 is 28.5 Å². The minimum absolute atomic E-state index is 0.173. The second-order valence-electron chi connectivity index (χ2n) is 8.21. The molecule has 10 nitrogen and oxygen atoms in total. The van der Waals surface area contributed by atoms with Gasteiger partial charge in [0.05, 0.1) is 12.6 Å². The van der Waals surface area contributed by atoms with E-state index in [1.165, 1.54) is 0 Å². The van der Waals surface area contributed by atoms with Crippen molar-refractivity contribution in [3.8, 4) is 0 Å². The summed E-state index contributed by atoms with van der Waals surface area (Å²) in [6, 6.07) is -0.449. The predicted molar refractivity (Wildman–Crippen MR) is 89.1 cm³/mol. The van der Waals surface area contributed by atoms with E-state index in [0.717, 1.165) is 0 Å². The molecule has 0 saturated carbocycles. The van der Waals surface area contributed by atoms with Gasteiger partial charge in [-0.2, -0.15) is 0 Å². The summed E-state index contributed by atoms with van der Waals surface area (Å²) in [5.74, 6) is -0.994. The van der Waals surface area contributed by atoms with Crippen molar-refractivity contribution in [2.24, 2.45) is 11.0 Å². The maximum Gasteiger partial charge on any atom is 0.407 e. The number of hydrogen-bond donors (Lipinski definition) is 1. The number of carbonyl (C=O) groups is 1. The van der Waals surface area contributed by atoms with Crippen LogP contribution in [0.5, 0.6) is 0 Å². The zero-order chi connectivity index (χ0) is 19.1. The Labute approximate surface area is 152 Å². The summed E-state index contributed by atoms with van der Waals surface area (Å²) in [4.78, 5) is 15.1. The van der Waals surface area contributed by atoms with Crippen molar-refractivity contribution >= 4 is 6.09 Å². The van der Waals surface area contributed by atoms with E-state index < -0.39 is 35.9 Å². The van der Waals surface area contributed by atoms with Crippen molar-refractivity contribution in [1.82, 2.24) is 5.32 Å². The average molecular weight is 370 g/mol. The van der Waals surface area contributed by atoms with Gasteiger partial charge in [0.1, 0.15) is 23.9 Å². The van der Waals surface area contributed by atoms with Gasteiger partial charge in [0.15, 0.2) is 12.1 Å². The Hall–Kier alpha value is -1.58. The van der Waals surface area contributed by atoms with E-state index in [2.05, 4.69) is 15.3 Å². The van der Waals surface area contributed by atoms with E-state index in [1.807, 2.05) is 13.8 Å². The van der Waals surface area contributed by atoms with E-state index in [1.54, 1.807) is 20.8 Å². The maximum absolute atomic E-state index is 12.3. The molecule has 0 aliphatic carbocycles. The quantitative estimate of drug-likeness (QED) is 0.461. The minimum atomic E-state index is -0.750. The van der Waals surface area contributed by atoms with Gasteiger partial charge in [0, 0.05) is 17.4 Å². The van der Waals surface area contributed by atoms with Gasteiger partial charge in [-0.15, -0.1) is 0 Å². The number of alkyl carbamates (subject to hydrolysis) is 1. The molecule has 0 spiro atoms. The van der Waals surface area contributed by atoms with Crippen molar-refractivity contribution in [2.75, 3.05) is 13.2 Å². The number of ether oxygens (including phenoxy) is 5. The number of fused-ring (bicyclic) bond motifs is 3. The molecule has 0 aromatic rings. The molecule has 0 aromatic heterocycles. The fourth-order valence-electron chi connectivity index (χ4n) is 3.54. The first-order valence-corrected chi connectivity index (χ1v) is 8.73. The average Bonchev–Trinajstić information content (AvgIpc) is 2.96. The molecular weight excluding hydrogens is 344 g/mol. The second kappa shape index (κ2) is 6.86. The SMILES string of the molecule is CC(C)(C)OC(=O)N[C@@H]1[C@H](CN=[N+]=[N-])CO[C@H]2[C@@H]1O[C@@H]1OC(C)(C)O[C@@H]12. The zero-order valence-electron chi connectivity index (χ0n) is 15.7. The highest BCUT2D eigenvalue weighted by molar-refractivity contribution is 5.68. The summed E-state index contributed by atoms with van der Waals surface area (Å²) < 4.78 is 28.9. The van der Waals surface area contributed by atoms with Crippen LogP contribution in [0.1, 0.15) is 34.6 Å². The molecule has 146 valence electrons. The topological polar surface area (TPSA) is 124 Å². The number of azide groups is 1. The van der Waals surface area contributed by atoms with Crippen LogP contribution >= 0.6 is 0 Å². The van der Waals surface area contributed by atoms with Crippen LogP contribution < -0.4 is 5.32 Å². The van der Waals surface area contributed by atoms with E-state index >= 15 is 0 Å². The number of carbonyl (C=O) groups excluding carboxylic acids is 1. The molecule has 0 unspecified atom stereocenters. The third-order valence-corrected chi connectivity index (χ3v) is 4.45. The van der Waals surface area contributed by atoms with Gasteiger partial charge in [-0.05, 0) is 40.1 Å². The summed E-state index contributed by atoms with van der Waals surface area (Å²) in [6.45, 7) is 9.47. The summed E-state index contributed by atoms with van der Waals surface area (Å²) in [5.41, 5.74) is 8.00. The molecular formula is C16H26N4O6. The van der Waals surface area contributed by atoms with Crippen LogP contribution in [-0.2, 0) is 23.7 Å². The lowest BCUT2D eigenvalue weighted by molar-refractivity contribution is -0.232. The van der Waals surface area contributed by atoms with E-state index in [9.17, 15) is 4.79 Å². The molecule has 1 amide bonds. The smallest absolute Gasteiger partial charge is 0.407 e. The summed E-state index contributed by atoms with van der Waals surface area (Å²) in [7, 11) is 0. The molecule has 3 rings (SSSR count). The van der Waals surface area contributed by atoms with Gasteiger partial charge in [0.2, 0.25) is 0 Å². The minimum Gasteiger partial charge on any atom is -0.444 e. The van der Waals surface area contributed by atoms with Gasteiger partial charge < -0.3 is 29.0 Å². The normalized spacial score (nSPS) is 38.0. The lowest BCUT2D eigenvalue weighted by Gasteiger charge is -2.40. The lowest BCUT2D eigenvalue weighted by atomic mass is 9.89. The molecule has 0 radical (unpaired) electrons. The molecule has 3 fully saturated rings. The maximum atomic E-state index is 12.3. The zero-order valence-corrected chi connectivity index (χ0v) is 15.7. The van der Waals surface area contributed by atoms with E-state index in [-0.39, 0.29) is 24.7 Å². The van der Waals surface area contributed by atoms with Gasteiger partial charge >= 0.3 is 6.09 Å². The molecule has 0 aromatic carbocycles. The first-order chi connectivity index (χ1) is 12.1. The number of amides is 1. The van der Waals surface area contributed by atoms with Crippen LogP contribution in [0.4, 0.5) is 4.79 Å². The monoisotopic (exact) mass is 370 g/mol. The van der Waals surface area contributed by atoms with Crippen molar-refractivity contribution in [2.45, 2.75) is 76.7 Å².